The van der Waals surface area contributed by atoms with Crippen molar-refractivity contribution >= 4 is 32.7 Å². The number of fused-ring (bicyclic) bond motifs is 6. The third-order valence-corrected chi connectivity index (χ3v) is 14.7. The number of hydrogen-bond acceptors (Lipinski definition) is 5. The van der Waals surface area contributed by atoms with Gasteiger partial charge in [-0.3, -0.25) is 0 Å². The van der Waals surface area contributed by atoms with Gasteiger partial charge in [-0.05, 0) is 121 Å². The van der Waals surface area contributed by atoms with Crippen molar-refractivity contribution in [2.24, 2.45) is 63.3 Å². The van der Waals surface area contributed by atoms with Gasteiger partial charge < -0.3 is 10.0 Å². The highest BCUT2D eigenvalue weighted by atomic mass is 32.2. The normalized spacial score (nSPS) is 37.0. The van der Waals surface area contributed by atoms with E-state index in [2.05, 4.69) is 44.6 Å². The summed E-state index contributed by atoms with van der Waals surface area (Å²) in [4.78, 5) is 4.88. The van der Waals surface area contributed by atoms with Crippen molar-refractivity contribution in [2.75, 3.05) is 19.0 Å². The fourth-order valence-electron chi connectivity index (χ4n) is 11.2. The fraction of sp³-hybridized carbons (Fsp3) is 0.711. The third kappa shape index (κ3) is 5.72. The van der Waals surface area contributed by atoms with Crippen LogP contribution in [0.15, 0.2) is 46.4 Å². The molecule has 0 saturated heterocycles. The maximum absolute atomic E-state index is 13.5. The van der Waals surface area contributed by atoms with Crippen molar-refractivity contribution in [3.8, 4) is 0 Å². The molecule has 4 unspecified atom stereocenters. The predicted octanol–water partition coefficient (Wildman–Crippen LogP) is 8.10. The van der Waals surface area contributed by atoms with Crippen LogP contribution in [0.1, 0.15) is 92.4 Å². The number of aliphatic hydroxyl groups is 1. The van der Waals surface area contributed by atoms with Gasteiger partial charge >= 0.3 is 0 Å². The van der Waals surface area contributed by atoms with Crippen LogP contribution in [0.25, 0.3) is 10.8 Å². The molecule has 0 bridgehead atoms. The van der Waals surface area contributed by atoms with Crippen LogP contribution in [0.3, 0.4) is 0 Å². The average molecular weight is 636 g/mol. The molecule has 4 aliphatic carbocycles. The molecule has 0 aliphatic heterocycles. The van der Waals surface area contributed by atoms with E-state index in [0.717, 1.165) is 53.5 Å². The van der Waals surface area contributed by atoms with Gasteiger partial charge in [-0.1, -0.05) is 65.7 Å². The van der Waals surface area contributed by atoms with E-state index >= 15 is 0 Å². The Labute approximate surface area is 272 Å². The van der Waals surface area contributed by atoms with Crippen molar-refractivity contribution in [3.05, 3.63) is 36.4 Å². The van der Waals surface area contributed by atoms with Gasteiger partial charge in [-0.15, -0.1) is 0 Å². The van der Waals surface area contributed by atoms with Crippen LogP contribution in [-0.4, -0.2) is 39.9 Å². The fourth-order valence-corrected chi connectivity index (χ4v) is 12.0. The number of benzene rings is 2. The molecule has 248 valence electrons. The Hall–Kier alpha value is -2.12. The molecule has 6 nitrogen and oxygen atoms in total. The number of anilines is 1. The lowest BCUT2D eigenvalue weighted by Gasteiger charge is -2.52. The zero-order valence-corrected chi connectivity index (χ0v) is 29.5. The average Bonchev–Trinajstić information content (AvgIpc) is 3.46. The Bertz CT molecular complexity index is 1520. The van der Waals surface area contributed by atoms with Gasteiger partial charge in [-0.2, -0.15) is 13.5 Å². The Balaban J connectivity index is 1.28. The molecule has 0 amide bonds. The molecule has 2 N–H and O–H groups in total. The summed E-state index contributed by atoms with van der Waals surface area (Å²) < 4.78 is 27.1. The van der Waals surface area contributed by atoms with Gasteiger partial charge in [0.05, 0.1) is 11.0 Å². The Morgan fingerprint density at radius 1 is 0.978 bits per heavy atom. The first-order valence-corrected chi connectivity index (χ1v) is 19.2. The lowest BCUT2D eigenvalue weighted by atomic mass is 9.53. The van der Waals surface area contributed by atoms with Crippen LogP contribution in [0.2, 0.25) is 0 Å². The zero-order valence-electron chi connectivity index (χ0n) is 28.7. The van der Waals surface area contributed by atoms with Gasteiger partial charge in [0.15, 0.2) is 0 Å². The smallest absolute Gasteiger partial charge is 0.276 e. The summed E-state index contributed by atoms with van der Waals surface area (Å²) in [5.74, 6) is 4.45. The Morgan fingerprint density at radius 3 is 2.44 bits per heavy atom. The van der Waals surface area contributed by atoms with Gasteiger partial charge in [0.1, 0.15) is 0 Å². The second-order valence-electron chi connectivity index (χ2n) is 16.5. The van der Waals surface area contributed by atoms with E-state index in [0.29, 0.717) is 29.1 Å². The summed E-state index contributed by atoms with van der Waals surface area (Å²) >= 11 is 0. The molecular formula is C38H57N3O3S. The molecule has 0 radical (unpaired) electrons. The highest BCUT2D eigenvalue weighted by molar-refractivity contribution is 7.89. The summed E-state index contributed by atoms with van der Waals surface area (Å²) in [5.41, 5.74) is 1.55. The minimum absolute atomic E-state index is 0.171. The van der Waals surface area contributed by atoms with Crippen molar-refractivity contribution in [1.29, 1.82) is 0 Å². The minimum Gasteiger partial charge on any atom is -0.393 e. The molecule has 7 heteroatoms. The maximum atomic E-state index is 13.5. The molecule has 4 fully saturated rings. The number of nitrogens with one attached hydrogen (secondary N) is 1. The standard InChI is InChI=1S/C38H57N3O3S/c1-24(2)11-12-25(3)31-15-16-32-36-30(34-22-27(42)17-19-38(34,5)33(36)18-20-37(31,32)4)23-39-40-45(43,44)28-13-14-29-26(21-28)9-8-10-35(29)41(6)7/h8-10,13-14,21,23-25,27,30-34,36,40,42H,11-12,15-20,22H2,1-7H3/b39-23+/t25-,27+,30+,31-,32?,33?,34?,36?,37-,38-/m1/s1. The van der Waals surface area contributed by atoms with Gasteiger partial charge in [0.2, 0.25) is 0 Å². The summed E-state index contributed by atoms with van der Waals surface area (Å²) in [6.07, 6.45) is 12.1. The Kier molecular flexibility index (Phi) is 8.86. The van der Waals surface area contributed by atoms with E-state index < -0.39 is 10.0 Å². The van der Waals surface area contributed by atoms with E-state index in [4.69, 9.17) is 0 Å². The van der Waals surface area contributed by atoms with Crippen LogP contribution in [0.4, 0.5) is 5.69 Å². The monoisotopic (exact) mass is 635 g/mol. The predicted molar refractivity (Wildman–Crippen MR) is 186 cm³/mol. The highest BCUT2D eigenvalue weighted by Gasteiger charge is 2.66. The van der Waals surface area contributed by atoms with Crippen molar-refractivity contribution < 1.29 is 13.5 Å². The largest absolute Gasteiger partial charge is 0.393 e. The first kappa shape index (κ1) is 32.8. The molecule has 10 atom stereocenters. The lowest BCUT2D eigenvalue weighted by Crippen LogP contribution is -2.45. The quantitative estimate of drug-likeness (QED) is 0.216. The molecule has 2 aromatic rings. The van der Waals surface area contributed by atoms with E-state index in [9.17, 15) is 13.5 Å². The summed E-state index contributed by atoms with van der Waals surface area (Å²) in [6, 6.07) is 11.3. The summed E-state index contributed by atoms with van der Waals surface area (Å²) in [5, 5.41) is 17.3. The molecule has 6 rings (SSSR count). The number of hydrazone groups is 1. The number of hydrogen-bond donors (Lipinski definition) is 2. The zero-order chi connectivity index (χ0) is 32.3. The van der Waals surface area contributed by atoms with Gasteiger partial charge in [-0.25, -0.2) is 4.83 Å². The summed E-state index contributed by atoms with van der Waals surface area (Å²) in [7, 11) is 0.152. The molecular weight excluding hydrogens is 579 g/mol. The number of aliphatic hydroxyl groups excluding tert-OH is 1. The minimum atomic E-state index is -3.84. The van der Waals surface area contributed by atoms with Crippen LogP contribution >= 0.6 is 0 Å². The van der Waals surface area contributed by atoms with E-state index in [1.807, 2.05) is 49.5 Å². The van der Waals surface area contributed by atoms with Crippen molar-refractivity contribution in [2.45, 2.75) is 103 Å². The van der Waals surface area contributed by atoms with Crippen LogP contribution in [-0.2, 0) is 10.0 Å². The molecule has 4 saturated carbocycles. The lowest BCUT2D eigenvalue weighted by molar-refractivity contribution is -0.0368. The van der Waals surface area contributed by atoms with E-state index in [-0.39, 0.29) is 22.3 Å². The second-order valence-corrected chi connectivity index (χ2v) is 18.2. The first-order chi connectivity index (χ1) is 21.3. The summed E-state index contributed by atoms with van der Waals surface area (Å²) in [6.45, 7) is 12.3. The molecule has 0 heterocycles. The molecule has 0 spiro atoms. The topological polar surface area (TPSA) is 82.0 Å². The van der Waals surface area contributed by atoms with E-state index in [1.54, 1.807) is 12.1 Å². The second kappa shape index (κ2) is 12.2. The van der Waals surface area contributed by atoms with Crippen LogP contribution < -0.4 is 9.73 Å². The third-order valence-electron chi connectivity index (χ3n) is 13.5. The number of nitrogens with zero attached hydrogens (tertiary/aromatic N) is 2. The highest BCUT2D eigenvalue weighted by Crippen LogP contribution is 2.71. The van der Waals surface area contributed by atoms with Crippen molar-refractivity contribution in [3.63, 3.8) is 0 Å². The van der Waals surface area contributed by atoms with Gasteiger partial charge in [0, 0.05) is 37.3 Å². The van der Waals surface area contributed by atoms with Gasteiger partial charge in [0.25, 0.3) is 10.0 Å². The van der Waals surface area contributed by atoms with Crippen LogP contribution in [0, 0.1) is 58.2 Å². The maximum Gasteiger partial charge on any atom is 0.276 e. The number of rotatable bonds is 9. The first-order valence-electron chi connectivity index (χ1n) is 17.7. The Morgan fingerprint density at radius 2 is 1.71 bits per heavy atom. The van der Waals surface area contributed by atoms with Crippen LogP contribution in [0.5, 0.6) is 0 Å². The number of sulfonamides is 1. The molecule has 0 aromatic heterocycles. The van der Waals surface area contributed by atoms with Crippen molar-refractivity contribution in [1.82, 2.24) is 4.83 Å². The molecule has 2 aromatic carbocycles. The molecule has 45 heavy (non-hydrogen) atoms. The SMILES string of the molecule is CC(C)CC[C@@H](C)[C@H]1CCC2C3C(CC[C@@]21C)[C@@]1(C)CC[C@H](O)CC1[C@@H]3/C=N/NS(=O)(=O)c1ccc2c(N(C)C)cccc2c1. The van der Waals surface area contributed by atoms with E-state index in [1.165, 1.54) is 38.5 Å². The molecule has 4 aliphatic rings.